The molecular formula is C15H24N2O2S. The quantitative estimate of drug-likeness (QED) is 0.526. The lowest BCUT2D eigenvalue weighted by molar-refractivity contribution is 0.0177. The van der Waals surface area contributed by atoms with E-state index in [2.05, 4.69) is 22.8 Å². The van der Waals surface area contributed by atoms with Crippen LogP contribution in [0.3, 0.4) is 0 Å². The smallest absolute Gasteiger partial charge is 0.118 e. The van der Waals surface area contributed by atoms with Crippen LogP contribution in [0.5, 0.6) is 5.75 Å². The first-order chi connectivity index (χ1) is 9.72. The molecule has 1 aliphatic rings. The molecule has 3 N–H and O–H groups in total. The van der Waals surface area contributed by atoms with Crippen LogP contribution in [0.2, 0.25) is 0 Å². The molecular weight excluding hydrogens is 272 g/mol. The number of thioether (sulfide) groups is 1. The van der Waals surface area contributed by atoms with Crippen molar-refractivity contribution in [2.45, 2.75) is 23.3 Å². The Balaban J connectivity index is 1.61. The van der Waals surface area contributed by atoms with Crippen molar-refractivity contribution in [3.63, 3.8) is 0 Å². The van der Waals surface area contributed by atoms with Crippen LogP contribution in [-0.2, 0) is 0 Å². The van der Waals surface area contributed by atoms with Crippen LogP contribution in [-0.4, -0.2) is 49.7 Å². The van der Waals surface area contributed by atoms with Crippen molar-refractivity contribution in [3.05, 3.63) is 24.3 Å². The molecule has 0 saturated carbocycles. The summed E-state index contributed by atoms with van der Waals surface area (Å²) in [7, 11) is 1.68. The summed E-state index contributed by atoms with van der Waals surface area (Å²) in [5.41, 5.74) is -0.566. The van der Waals surface area contributed by atoms with Crippen molar-refractivity contribution in [2.24, 2.45) is 0 Å². The minimum Gasteiger partial charge on any atom is -0.497 e. The Morgan fingerprint density at radius 3 is 2.85 bits per heavy atom. The lowest BCUT2D eigenvalue weighted by atomic mass is 9.94. The van der Waals surface area contributed by atoms with Crippen molar-refractivity contribution in [1.29, 1.82) is 0 Å². The molecule has 1 aliphatic heterocycles. The standard InChI is InChI=1S/C15H24N2O2S/c1-19-13-3-5-14(6-4-13)20-10-9-17-12-15(18)7-2-8-16-11-15/h3-6,16-18H,2,7-12H2,1H3/t15-/m0/s1. The second kappa shape index (κ2) is 7.88. The second-order valence-electron chi connectivity index (χ2n) is 5.21. The fourth-order valence-corrected chi connectivity index (χ4v) is 3.15. The van der Waals surface area contributed by atoms with E-state index in [1.54, 1.807) is 7.11 Å². The molecule has 1 aromatic carbocycles. The normalized spacial score (nSPS) is 22.7. The molecule has 5 heteroatoms. The van der Waals surface area contributed by atoms with E-state index in [0.717, 1.165) is 37.4 Å². The number of ether oxygens (including phenoxy) is 1. The van der Waals surface area contributed by atoms with Gasteiger partial charge in [-0.2, -0.15) is 0 Å². The van der Waals surface area contributed by atoms with Gasteiger partial charge in [0.2, 0.25) is 0 Å². The number of hydrogen-bond donors (Lipinski definition) is 3. The number of hydrogen-bond acceptors (Lipinski definition) is 5. The van der Waals surface area contributed by atoms with Gasteiger partial charge in [-0.3, -0.25) is 0 Å². The van der Waals surface area contributed by atoms with E-state index in [-0.39, 0.29) is 0 Å². The van der Waals surface area contributed by atoms with Gasteiger partial charge in [0, 0.05) is 30.3 Å². The third-order valence-corrected chi connectivity index (χ3v) is 4.52. The molecule has 112 valence electrons. The van der Waals surface area contributed by atoms with E-state index in [0.29, 0.717) is 13.1 Å². The van der Waals surface area contributed by atoms with Crippen LogP contribution in [0.4, 0.5) is 0 Å². The topological polar surface area (TPSA) is 53.5 Å². The molecule has 0 radical (unpaired) electrons. The summed E-state index contributed by atoms with van der Waals surface area (Å²) in [5.74, 6) is 1.88. The second-order valence-corrected chi connectivity index (χ2v) is 6.37. The van der Waals surface area contributed by atoms with E-state index in [1.165, 1.54) is 4.90 Å². The Hall–Kier alpha value is -0.750. The number of nitrogens with one attached hydrogen (secondary N) is 2. The fourth-order valence-electron chi connectivity index (χ4n) is 2.34. The van der Waals surface area contributed by atoms with Crippen LogP contribution >= 0.6 is 11.8 Å². The minimum atomic E-state index is -0.566. The van der Waals surface area contributed by atoms with Crippen molar-refractivity contribution in [2.75, 3.05) is 39.0 Å². The van der Waals surface area contributed by atoms with E-state index >= 15 is 0 Å². The average Bonchev–Trinajstić information content (AvgIpc) is 2.48. The van der Waals surface area contributed by atoms with Crippen LogP contribution in [0.15, 0.2) is 29.2 Å². The molecule has 0 aliphatic carbocycles. The maximum atomic E-state index is 10.3. The average molecular weight is 296 g/mol. The molecule has 0 amide bonds. The Kier molecular flexibility index (Phi) is 6.16. The molecule has 0 bridgehead atoms. The van der Waals surface area contributed by atoms with Gasteiger partial charge >= 0.3 is 0 Å². The molecule has 0 aromatic heterocycles. The van der Waals surface area contributed by atoms with Gasteiger partial charge in [-0.1, -0.05) is 0 Å². The van der Waals surface area contributed by atoms with Gasteiger partial charge in [0.05, 0.1) is 12.7 Å². The maximum absolute atomic E-state index is 10.3. The van der Waals surface area contributed by atoms with Crippen LogP contribution in [0.25, 0.3) is 0 Å². The van der Waals surface area contributed by atoms with Gasteiger partial charge in [0.1, 0.15) is 5.75 Å². The highest BCUT2D eigenvalue weighted by Gasteiger charge is 2.28. The molecule has 1 saturated heterocycles. The number of methoxy groups -OCH3 is 1. The summed E-state index contributed by atoms with van der Waals surface area (Å²) in [6.07, 6.45) is 1.94. The van der Waals surface area contributed by atoms with Crippen molar-refractivity contribution in [3.8, 4) is 5.75 Å². The maximum Gasteiger partial charge on any atom is 0.118 e. The highest BCUT2D eigenvalue weighted by atomic mass is 32.2. The zero-order valence-corrected chi connectivity index (χ0v) is 12.8. The predicted molar refractivity (Wildman–Crippen MR) is 83.6 cm³/mol. The number of benzene rings is 1. The molecule has 0 unspecified atom stereocenters. The summed E-state index contributed by atoms with van der Waals surface area (Å²) < 4.78 is 5.14. The van der Waals surface area contributed by atoms with Crippen molar-refractivity contribution >= 4 is 11.8 Å². The van der Waals surface area contributed by atoms with E-state index < -0.39 is 5.60 Å². The Morgan fingerprint density at radius 2 is 2.20 bits per heavy atom. The fraction of sp³-hybridized carbons (Fsp3) is 0.600. The van der Waals surface area contributed by atoms with E-state index in [9.17, 15) is 5.11 Å². The van der Waals surface area contributed by atoms with Gasteiger partial charge < -0.3 is 20.5 Å². The SMILES string of the molecule is COc1ccc(SCCNC[C@]2(O)CCCNC2)cc1. The first kappa shape index (κ1) is 15.6. The lowest BCUT2D eigenvalue weighted by Gasteiger charge is -2.32. The Labute approximate surface area is 125 Å². The molecule has 4 nitrogen and oxygen atoms in total. The number of piperidine rings is 1. The lowest BCUT2D eigenvalue weighted by Crippen LogP contribution is -2.52. The van der Waals surface area contributed by atoms with Crippen molar-refractivity contribution in [1.82, 2.24) is 10.6 Å². The van der Waals surface area contributed by atoms with Gasteiger partial charge in [-0.15, -0.1) is 11.8 Å². The zero-order chi connectivity index (χ0) is 14.3. The van der Waals surface area contributed by atoms with Crippen molar-refractivity contribution < 1.29 is 9.84 Å². The van der Waals surface area contributed by atoms with Crippen LogP contribution in [0, 0.1) is 0 Å². The monoisotopic (exact) mass is 296 g/mol. The summed E-state index contributed by atoms with van der Waals surface area (Å²) in [6, 6.07) is 8.10. The first-order valence-corrected chi connectivity index (χ1v) is 8.11. The Morgan fingerprint density at radius 1 is 1.40 bits per heavy atom. The minimum absolute atomic E-state index is 0.566. The molecule has 0 spiro atoms. The third kappa shape index (κ3) is 4.98. The summed E-state index contributed by atoms with van der Waals surface area (Å²) in [4.78, 5) is 1.24. The molecule has 1 aromatic rings. The zero-order valence-electron chi connectivity index (χ0n) is 12.0. The van der Waals surface area contributed by atoms with Gasteiger partial charge in [-0.05, 0) is 43.7 Å². The highest BCUT2D eigenvalue weighted by molar-refractivity contribution is 7.99. The first-order valence-electron chi connectivity index (χ1n) is 7.13. The molecule has 1 heterocycles. The van der Waals surface area contributed by atoms with E-state index in [4.69, 9.17) is 4.74 Å². The Bertz CT molecular complexity index is 391. The predicted octanol–water partition coefficient (Wildman–Crippen LogP) is 1.49. The van der Waals surface area contributed by atoms with Gasteiger partial charge in [-0.25, -0.2) is 0 Å². The van der Waals surface area contributed by atoms with Gasteiger partial charge in [0.25, 0.3) is 0 Å². The molecule has 2 rings (SSSR count). The number of rotatable bonds is 7. The van der Waals surface area contributed by atoms with Crippen LogP contribution < -0.4 is 15.4 Å². The summed E-state index contributed by atoms with van der Waals surface area (Å²) >= 11 is 1.81. The molecule has 1 atom stereocenters. The van der Waals surface area contributed by atoms with E-state index in [1.807, 2.05) is 23.9 Å². The summed E-state index contributed by atoms with van der Waals surface area (Å²) in [5, 5.41) is 16.9. The van der Waals surface area contributed by atoms with Gasteiger partial charge in [0.15, 0.2) is 0 Å². The largest absolute Gasteiger partial charge is 0.497 e. The van der Waals surface area contributed by atoms with Crippen LogP contribution in [0.1, 0.15) is 12.8 Å². The highest BCUT2D eigenvalue weighted by Crippen LogP contribution is 2.20. The summed E-state index contributed by atoms with van der Waals surface area (Å²) in [6.45, 7) is 3.30. The third-order valence-electron chi connectivity index (χ3n) is 3.51. The number of β-amino-alcohol motifs (C(OH)–C–C–N with tert-alkyl or cyclic N) is 1. The molecule has 20 heavy (non-hydrogen) atoms. The molecule has 1 fully saturated rings. The number of aliphatic hydroxyl groups is 1.